The van der Waals surface area contributed by atoms with Crippen LogP contribution in [0.1, 0.15) is 66.2 Å². The smallest absolute Gasteiger partial charge is 0.260 e. The maximum Gasteiger partial charge on any atom is 0.260 e. The highest BCUT2D eigenvalue weighted by Gasteiger charge is 2.26. The first-order valence-corrected chi connectivity index (χ1v) is 8.28. The molecule has 1 saturated carbocycles. The number of rotatable bonds is 4. The van der Waals surface area contributed by atoms with E-state index in [1.165, 1.54) is 19.3 Å². The molecule has 1 aliphatic heterocycles. The van der Waals surface area contributed by atoms with Crippen LogP contribution in [0.25, 0.3) is 0 Å². The van der Waals surface area contributed by atoms with Gasteiger partial charge in [-0.25, -0.2) is 0 Å². The summed E-state index contributed by atoms with van der Waals surface area (Å²) in [4.78, 5) is 26.3. The summed E-state index contributed by atoms with van der Waals surface area (Å²) in [6, 6.07) is 5.24. The third kappa shape index (κ3) is 3.01. The van der Waals surface area contributed by atoms with E-state index in [0.717, 1.165) is 12.8 Å². The van der Waals surface area contributed by atoms with E-state index in [-0.39, 0.29) is 18.4 Å². The van der Waals surface area contributed by atoms with Gasteiger partial charge in [-0.3, -0.25) is 9.59 Å². The van der Waals surface area contributed by atoms with Gasteiger partial charge in [0.2, 0.25) is 0 Å². The van der Waals surface area contributed by atoms with Crippen LogP contribution in [0.5, 0.6) is 5.75 Å². The second kappa shape index (κ2) is 6.51. The van der Waals surface area contributed by atoms with E-state index in [0.29, 0.717) is 35.8 Å². The summed E-state index contributed by atoms with van der Waals surface area (Å²) in [5, 5.41) is 0. The lowest BCUT2D eigenvalue weighted by molar-refractivity contribution is 0.0537. The summed E-state index contributed by atoms with van der Waals surface area (Å²) in [6.45, 7) is 2.82. The molecule has 0 unspecified atom stereocenters. The first kappa shape index (κ1) is 15.1. The van der Waals surface area contributed by atoms with Gasteiger partial charge in [0.15, 0.2) is 12.5 Å². The van der Waals surface area contributed by atoms with Gasteiger partial charge in [0.05, 0.1) is 5.56 Å². The molecule has 1 heterocycles. The number of hydrogen-bond acceptors (Lipinski definition) is 3. The molecule has 0 spiro atoms. The monoisotopic (exact) mass is 301 g/mol. The van der Waals surface area contributed by atoms with Crippen molar-refractivity contribution in [2.24, 2.45) is 5.92 Å². The molecule has 1 aromatic carbocycles. The number of fused-ring (bicyclic) bond motifs is 1. The van der Waals surface area contributed by atoms with Gasteiger partial charge < -0.3 is 9.64 Å². The van der Waals surface area contributed by atoms with Crippen molar-refractivity contribution < 1.29 is 14.3 Å². The van der Waals surface area contributed by atoms with Crippen LogP contribution in [0.4, 0.5) is 0 Å². The van der Waals surface area contributed by atoms with Gasteiger partial charge in [-0.1, -0.05) is 38.2 Å². The van der Waals surface area contributed by atoms with Gasteiger partial charge in [-0.2, -0.15) is 0 Å². The zero-order valence-electron chi connectivity index (χ0n) is 13.1. The molecule has 4 heteroatoms. The molecule has 0 N–H and O–H groups in total. The summed E-state index contributed by atoms with van der Waals surface area (Å²) in [7, 11) is 0. The van der Waals surface area contributed by atoms with E-state index in [1.54, 1.807) is 23.1 Å². The van der Waals surface area contributed by atoms with Crippen LogP contribution in [-0.4, -0.2) is 29.9 Å². The molecular formula is C18H23NO3. The Hall–Kier alpha value is -1.84. The second-order valence-corrected chi connectivity index (χ2v) is 6.28. The Labute approximate surface area is 131 Å². The van der Waals surface area contributed by atoms with E-state index < -0.39 is 0 Å². The molecule has 1 aliphatic carbocycles. The third-order valence-corrected chi connectivity index (χ3v) is 4.78. The fraction of sp³-hybridized carbons (Fsp3) is 0.556. The van der Waals surface area contributed by atoms with Crippen molar-refractivity contribution in [1.82, 2.24) is 4.90 Å². The predicted octanol–water partition coefficient (Wildman–Crippen LogP) is 3.65. The van der Waals surface area contributed by atoms with Crippen molar-refractivity contribution in [2.45, 2.75) is 45.4 Å². The first-order valence-electron chi connectivity index (χ1n) is 8.28. The zero-order chi connectivity index (χ0) is 15.5. The molecule has 1 amide bonds. The topological polar surface area (TPSA) is 46.6 Å². The largest absolute Gasteiger partial charge is 0.472 e. The average molecular weight is 301 g/mol. The summed E-state index contributed by atoms with van der Waals surface area (Å²) in [5.74, 6) is 1.22. The number of ketones is 1. The van der Waals surface area contributed by atoms with Crippen LogP contribution in [0.3, 0.4) is 0 Å². The highest BCUT2D eigenvalue weighted by atomic mass is 16.5. The lowest BCUT2D eigenvalue weighted by Crippen LogP contribution is -2.38. The van der Waals surface area contributed by atoms with Crippen LogP contribution in [0.2, 0.25) is 0 Å². The molecule has 22 heavy (non-hydrogen) atoms. The van der Waals surface area contributed by atoms with Gasteiger partial charge in [0.25, 0.3) is 5.91 Å². The summed E-state index contributed by atoms with van der Waals surface area (Å²) < 4.78 is 5.63. The number of carbonyl (C=O) groups excluding carboxylic acids is 2. The van der Waals surface area contributed by atoms with Crippen LogP contribution in [0.15, 0.2) is 18.2 Å². The zero-order valence-corrected chi connectivity index (χ0v) is 13.1. The number of carbonyl (C=O) groups is 2. The second-order valence-electron chi connectivity index (χ2n) is 6.28. The molecule has 0 atom stereocenters. The first-order chi connectivity index (χ1) is 10.7. The van der Waals surface area contributed by atoms with E-state index >= 15 is 0 Å². The molecule has 2 aliphatic rings. The number of benzene rings is 1. The number of amides is 1. The van der Waals surface area contributed by atoms with Crippen molar-refractivity contribution in [1.29, 1.82) is 0 Å². The van der Waals surface area contributed by atoms with Crippen molar-refractivity contribution in [3.05, 3.63) is 29.3 Å². The van der Waals surface area contributed by atoms with Gasteiger partial charge >= 0.3 is 0 Å². The highest BCUT2D eigenvalue weighted by molar-refractivity contribution is 6.01. The lowest BCUT2D eigenvalue weighted by Gasteiger charge is -2.28. The molecule has 1 fully saturated rings. The van der Waals surface area contributed by atoms with E-state index in [1.807, 2.05) is 6.92 Å². The Balaban J connectivity index is 1.73. The highest BCUT2D eigenvalue weighted by Crippen LogP contribution is 2.30. The van der Waals surface area contributed by atoms with E-state index in [2.05, 4.69) is 0 Å². The molecule has 118 valence electrons. The fourth-order valence-electron chi connectivity index (χ4n) is 3.37. The van der Waals surface area contributed by atoms with Crippen LogP contribution in [-0.2, 0) is 0 Å². The van der Waals surface area contributed by atoms with Crippen LogP contribution >= 0.6 is 0 Å². The van der Waals surface area contributed by atoms with Gasteiger partial charge in [-0.05, 0) is 25.0 Å². The summed E-state index contributed by atoms with van der Waals surface area (Å²) >= 11 is 0. The molecule has 0 aromatic heterocycles. The van der Waals surface area contributed by atoms with Gasteiger partial charge in [0.1, 0.15) is 5.75 Å². The van der Waals surface area contributed by atoms with Crippen LogP contribution in [0, 0.1) is 5.92 Å². The van der Waals surface area contributed by atoms with Gasteiger partial charge in [-0.15, -0.1) is 0 Å². The summed E-state index contributed by atoms with van der Waals surface area (Å²) in [6.07, 6.45) is 6.73. The third-order valence-electron chi connectivity index (χ3n) is 4.78. The van der Waals surface area contributed by atoms with Crippen LogP contribution < -0.4 is 4.74 Å². The molecule has 0 radical (unpaired) electrons. The van der Waals surface area contributed by atoms with Crippen molar-refractivity contribution in [2.75, 3.05) is 13.3 Å². The fourth-order valence-corrected chi connectivity index (χ4v) is 3.37. The minimum atomic E-state index is -0.0185. The van der Waals surface area contributed by atoms with Crippen molar-refractivity contribution in [3.8, 4) is 5.75 Å². The molecule has 0 bridgehead atoms. The lowest BCUT2D eigenvalue weighted by atomic mass is 9.84. The Morgan fingerprint density at radius 3 is 2.77 bits per heavy atom. The average Bonchev–Trinajstić information content (AvgIpc) is 2.56. The molecule has 3 rings (SSSR count). The van der Waals surface area contributed by atoms with Crippen molar-refractivity contribution in [3.63, 3.8) is 0 Å². The number of Topliss-reactive ketones (excluding diaryl/α,β-unsaturated/α-hetero) is 1. The summed E-state index contributed by atoms with van der Waals surface area (Å²) in [5.41, 5.74) is 1.23. The number of ether oxygens (including phenoxy) is 1. The Morgan fingerprint density at radius 2 is 2.05 bits per heavy atom. The maximum atomic E-state index is 12.4. The minimum Gasteiger partial charge on any atom is -0.472 e. The SMILES string of the molecule is CCN1COc2cc(C(=O)CC3CCCCC3)ccc2C1=O. The quantitative estimate of drug-likeness (QED) is 0.797. The molecule has 4 nitrogen and oxygen atoms in total. The Bertz CT molecular complexity index is 576. The molecule has 1 aromatic rings. The van der Waals surface area contributed by atoms with E-state index in [4.69, 9.17) is 4.74 Å². The minimum absolute atomic E-state index is 0.0185. The number of nitrogens with zero attached hydrogens (tertiary/aromatic N) is 1. The number of hydrogen-bond donors (Lipinski definition) is 0. The molecule has 0 saturated heterocycles. The van der Waals surface area contributed by atoms with E-state index in [9.17, 15) is 9.59 Å². The standard InChI is InChI=1S/C18H23NO3/c1-2-19-12-22-17-11-14(8-9-15(17)18(19)21)16(20)10-13-6-4-3-5-7-13/h8-9,11,13H,2-7,10,12H2,1H3. The van der Waals surface area contributed by atoms with Gasteiger partial charge in [0, 0.05) is 18.5 Å². The predicted molar refractivity (Wildman–Crippen MR) is 84.2 cm³/mol. The Morgan fingerprint density at radius 1 is 1.27 bits per heavy atom. The molecular weight excluding hydrogens is 278 g/mol. The Kier molecular flexibility index (Phi) is 4.46. The maximum absolute atomic E-state index is 12.4. The van der Waals surface area contributed by atoms with Crippen molar-refractivity contribution >= 4 is 11.7 Å². The normalized spacial score (nSPS) is 18.8.